The number of hydrogen-bond acceptors (Lipinski definition) is 5. The predicted molar refractivity (Wildman–Crippen MR) is 99.4 cm³/mol. The van der Waals surface area contributed by atoms with E-state index in [4.69, 9.17) is 27.9 Å². The molecule has 2 rings (SSSR count). The molecule has 1 N–H and O–H groups in total. The zero-order chi connectivity index (χ0) is 18.7. The highest BCUT2D eigenvalue weighted by atomic mass is 35.5. The number of esters is 1. The van der Waals surface area contributed by atoms with Gasteiger partial charge in [0.05, 0.1) is 32.7 Å². The van der Waals surface area contributed by atoms with Crippen molar-refractivity contribution in [3.8, 4) is 0 Å². The summed E-state index contributed by atoms with van der Waals surface area (Å²) in [6.45, 7) is 4.88. The SMILES string of the molecule is CCOC(=O)c1c(NC(=O)c2c(Cl)cccc2Cl)sc(C(C)=O)c1C. The third-order valence-electron chi connectivity index (χ3n) is 3.36. The molecule has 2 aromatic rings. The van der Waals surface area contributed by atoms with E-state index in [0.717, 1.165) is 11.3 Å². The van der Waals surface area contributed by atoms with E-state index in [1.165, 1.54) is 19.1 Å². The molecule has 0 unspecified atom stereocenters. The Labute approximate surface area is 158 Å². The van der Waals surface area contributed by atoms with Crippen LogP contribution < -0.4 is 5.32 Å². The van der Waals surface area contributed by atoms with Crippen LogP contribution in [0.25, 0.3) is 0 Å². The lowest BCUT2D eigenvalue weighted by Gasteiger charge is -2.09. The lowest BCUT2D eigenvalue weighted by Crippen LogP contribution is -2.15. The van der Waals surface area contributed by atoms with Gasteiger partial charge in [0.1, 0.15) is 5.00 Å². The number of ketones is 1. The summed E-state index contributed by atoms with van der Waals surface area (Å²) < 4.78 is 5.03. The monoisotopic (exact) mass is 399 g/mol. The molecule has 0 aliphatic carbocycles. The van der Waals surface area contributed by atoms with Gasteiger partial charge in [-0.05, 0) is 38.5 Å². The fourth-order valence-electron chi connectivity index (χ4n) is 2.27. The van der Waals surface area contributed by atoms with Crippen LogP contribution in [0.4, 0.5) is 5.00 Å². The van der Waals surface area contributed by atoms with Crippen molar-refractivity contribution in [1.82, 2.24) is 0 Å². The van der Waals surface area contributed by atoms with Gasteiger partial charge < -0.3 is 10.1 Å². The summed E-state index contributed by atoms with van der Waals surface area (Å²) in [4.78, 5) is 37.0. The number of rotatable bonds is 5. The van der Waals surface area contributed by atoms with E-state index >= 15 is 0 Å². The van der Waals surface area contributed by atoms with E-state index < -0.39 is 11.9 Å². The number of carbonyl (C=O) groups excluding carboxylic acids is 3. The first-order chi connectivity index (χ1) is 11.8. The average molecular weight is 400 g/mol. The van der Waals surface area contributed by atoms with Crippen LogP contribution in [0.3, 0.4) is 0 Å². The molecule has 0 atom stereocenters. The van der Waals surface area contributed by atoms with Crippen molar-refractivity contribution in [1.29, 1.82) is 0 Å². The normalized spacial score (nSPS) is 10.4. The Hall–Kier alpha value is -1.89. The number of carbonyl (C=O) groups is 3. The zero-order valence-electron chi connectivity index (χ0n) is 13.7. The lowest BCUT2D eigenvalue weighted by molar-refractivity contribution is 0.0527. The summed E-state index contributed by atoms with van der Waals surface area (Å²) in [7, 11) is 0. The van der Waals surface area contributed by atoms with Gasteiger partial charge in [-0.1, -0.05) is 29.3 Å². The summed E-state index contributed by atoms with van der Waals surface area (Å²) in [5.74, 6) is -1.38. The zero-order valence-corrected chi connectivity index (χ0v) is 16.1. The van der Waals surface area contributed by atoms with Crippen molar-refractivity contribution >= 4 is 57.2 Å². The third-order valence-corrected chi connectivity index (χ3v) is 5.30. The second-order valence-corrected chi connectivity index (χ2v) is 6.92. The van der Waals surface area contributed by atoms with Crippen LogP contribution in [-0.2, 0) is 4.74 Å². The largest absolute Gasteiger partial charge is 0.462 e. The molecule has 5 nitrogen and oxygen atoms in total. The third kappa shape index (κ3) is 4.03. The Morgan fingerprint density at radius 3 is 2.28 bits per heavy atom. The van der Waals surface area contributed by atoms with Gasteiger partial charge in [0.25, 0.3) is 5.91 Å². The van der Waals surface area contributed by atoms with Gasteiger partial charge in [-0.25, -0.2) is 4.79 Å². The Bertz CT molecular complexity index is 840. The van der Waals surface area contributed by atoms with Crippen molar-refractivity contribution < 1.29 is 19.1 Å². The van der Waals surface area contributed by atoms with Gasteiger partial charge in [-0.3, -0.25) is 9.59 Å². The first-order valence-corrected chi connectivity index (χ1v) is 8.91. The van der Waals surface area contributed by atoms with E-state index in [-0.39, 0.29) is 38.6 Å². The minimum Gasteiger partial charge on any atom is -0.462 e. The number of thiophene rings is 1. The molecule has 0 aliphatic heterocycles. The highest BCUT2D eigenvalue weighted by Crippen LogP contribution is 2.35. The molecule has 132 valence electrons. The summed E-state index contributed by atoms with van der Waals surface area (Å²) in [6.07, 6.45) is 0. The maximum absolute atomic E-state index is 12.6. The minimum absolute atomic E-state index is 0.0936. The molecule has 0 fully saturated rings. The maximum Gasteiger partial charge on any atom is 0.341 e. The topological polar surface area (TPSA) is 72.5 Å². The van der Waals surface area contributed by atoms with E-state index in [1.807, 2.05) is 0 Å². The van der Waals surface area contributed by atoms with Gasteiger partial charge in [0, 0.05) is 0 Å². The number of amides is 1. The van der Waals surface area contributed by atoms with E-state index in [0.29, 0.717) is 10.4 Å². The summed E-state index contributed by atoms with van der Waals surface area (Å²) in [5.41, 5.74) is 0.723. The summed E-state index contributed by atoms with van der Waals surface area (Å²) in [6, 6.07) is 4.69. The highest BCUT2D eigenvalue weighted by Gasteiger charge is 2.26. The number of nitrogens with one attached hydrogen (secondary N) is 1. The van der Waals surface area contributed by atoms with Crippen LogP contribution in [0, 0.1) is 6.92 Å². The molecule has 1 aromatic carbocycles. The molecule has 1 heterocycles. The van der Waals surface area contributed by atoms with E-state index in [2.05, 4.69) is 5.32 Å². The van der Waals surface area contributed by atoms with Crippen LogP contribution in [0.15, 0.2) is 18.2 Å². The second-order valence-electron chi connectivity index (χ2n) is 5.09. The van der Waals surface area contributed by atoms with Gasteiger partial charge in [0.15, 0.2) is 5.78 Å². The van der Waals surface area contributed by atoms with Crippen LogP contribution in [-0.4, -0.2) is 24.3 Å². The van der Waals surface area contributed by atoms with E-state index in [1.54, 1.807) is 19.9 Å². The Balaban J connectivity index is 2.48. The van der Waals surface area contributed by atoms with Crippen LogP contribution in [0.1, 0.15) is 49.8 Å². The Morgan fingerprint density at radius 2 is 1.76 bits per heavy atom. The molecule has 25 heavy (non-hydrogen) atoms. The Morgan fingerprint density at radius 1 is 1.16 bits per heavy atom. The van der Waals surface area contributed by atoms with Crippen molar-refractivity contribution in [2.75, 3.05) is 11.9 Å². The molecule has 0 aliphatic rings. The van der Waals surface area contributed by atoms with Gasteiger partial charge in [-0.15, -0.1) is 11.3 Å². The van der Waals surface area contributed by atoms with Crippen molar-refractivity contribution in [3.63, 3.8) is 0 Å². The lowest BCUT2D eigenvalue weighted by atomic mass is 10.1. The first-order valence-electron chi connectivity index (χ1n) is 7.34. The van der Waals surface area contributed by atoms with Gasteiger partial charge in [0.2, 0.25) is 0 Å². The average Bonchev–Trinajstić information content (AvgIpc) is 2.84. The van der Waals surface area contributed by atoms with Crippen LogP contribution in [0.2, 0.25) is 10.0 Å². The highest BCUT2D eigenvalue weighted by molar-refractivity contribution is 7.18. The molecule has 0 spiro atoms. The maximum atomic E-state index is 12.6. The number of anilines is 1. The van der Waals surface area contributed by atoms with Crippen LogP contribution >= 0.6 is 34.5 Å². The summed E-state index contributed by atoms with van der Waals surface area (Å²) in [5, 5.41) is 3.21. The van der Waals surface area contributed by atoms with Crippen molar-refractivity contribution in [2.45, 2.75) is 20.8 Å². The molecule has 0 radical (unpaired) electrons. The van der Waals surface area contributed by atoms with Crippen molar-refractivity contribution in [3.05, 3.63) is 49.8 Å². The number of hydrogen-bond donors (Lipinski definition) is 1. The number of halogens is 2. The van der Waals surface area contributed by atoms with Crippen molar-refractivity contribution in [2.24, 2.45) is 0 Å². The fraction of sp³-hybridized carbons (Fsp3) is 0.235. The fourth-order valence-corrected chi connectivity index (χ4v) is 3.92. The molecular formula is C17H15Cl2NO4S. The quantitative estimate of drug-likeness (QED) is 0.567. The first kappa shape index (κ1) is 19.4. The summed E-state index contributed by atoms with van der Waals surface area (Å²) >= 11 is 13.1. The van der Waals surface area contributed by atoms with E-state index in [9.17, 15) is 14.4 Å². The van der Waals surface area contributed by atoms with Gasteiger partial charge >= 0.3 is 5.97 Å². The molecule has 8 heteroatoms. The van der Waals surface area contributed by atoms with Gasteiger partial charge in [-0.2, -0.15) is 0 Å². The molecular weight excluding hydrogens is 385 g/mol. The predicted octanol–water partition coefficient (Wildman–Crippen LogP) is 4.99. The molecule has 0 saturated heterocycles. The molecule has 0 bridgehead atoms. The number of ether oxygens (including phenoxy) is 1. The second kappa shape index (κ2) is 7.99. The number of benzene rings is 1. The minimum atomic E-state index is -0.607. The Kier molecular flexibility index (Phi) is 6.21. The molecule has 1 amide bonds. The smallest absolute Gasteiger partial charge is 0.341 e. The molecule has 0 saturated carbocycles. The number of Topliss-reactive ketones (excluding diaryl/α,β-unsaturated/α-hetero) is 1. The standard InChI is InChI=1S/C17H15Cl2NO4S/c1-4-24-17(23)12-8(2)14(9(3)21)25-16(12)20-15(22)13-10(18)6-5-7-11(13)19/h5-7H,4H2,1-3H3,(H,20,22). The van der Waals surface area contributed by atoms with Crippen LogP contribution in [0.5, 0.6) is 0 Å². The molecule has 1 aromatic heterocycles.